The highest BCUT2D eigenvalue weighted by atomic mass is 16.5. The third kappa shape index (κ3) is 13.5. The molecule has 132 valence electrons. The first kappa shape index (κ1) is 21.1. The first-order valence-corrected chi connectivity index (χ1v) is 7.82. The summed E-state index contributed by atoms with van der Waals surface area (Å²) in [6.07, 6.45) is 2.97. The molecule has 0 rings (SSSR count). The van der Waals surface area contributed by atoms with Crippen molar-refractivity contribution >= 4 is 17.8 Å². The Morgan fingerprint density at radius 1 is 0.957 bits per heavy atom. The molecule has 7 heteroatoms. The van der Waals surface area contributed by atoms with Gasteiger partial charge in [0.2, 0.25) is 11.8 Å². The van der Waals surface area contributed by atoms with Crippen molar-refractivity contribution in [3.63, 3.8) is 0 Å². The maximum Gasteiger partial charge on any atom is 0.306 e. The Kier molecular flexibility index (Phi) is 12.6. The lowest BCUT2D eigenvalue weighted by molar-refractivity contribution is -0.142. The summed E-state index contributed by atoms with van der Waals surface area (Å²) < 4.78 is 9.84. The molecule has 0 aliphatic heterocycles. The number of amides is 2. The zero-order chi connectivity index (χ0) is 17.5. The molecule has 0 saturated heterocycles. The summed E-state index contributed by atoms with van der Waals surface area (Å²) in [5, 5.41) is 5.44. The highest BCUT2D eigenvalue weighted by molar-refractivity contribution is 5.92. The van der Waals surface area contributed by atoms with Crippen molar-refractivity contribution in [1.82, 2.24) is 10.6 Å². The van der Waals surface area contributed by atoms with Crippen LogP contribution in [0.5, 0.6) is 0 Å². The van der Waals surface area contributed by atoms with Gasteiger partial charge in [0.25, 0.3) is 0 Å². The van der Waals surface area contributed by atoms with Crippen LogP contribution in [0.15, 0.2) is 12.2 Å². The van der Waals surface area contributed by atoms with E-state index in [0.29, 0.717) is 31.9 Å². The second-order valence-corrected chi connectivity index (χ2v) is 5.14. The van der Waals surface area contributed by atoms with E-state index in [1.807, 2.05) is 0 Å². The van der Waals surface area contributed by atoms with Gasteiger partial charge in [0, 0.05) is 31.7 Å². The number of methoxy groups -OCH3 is 1. The van der Waals surface area contributed by atoms with Gasteiger partial charge in [-0.25, -0.2) is 0 Å². The second-order valence-electron chi connectivity index (χ2n) is 5.14. The van der Waals surface area contributed by atoms with E-state index >= 15 is 0 Å². The maximum absolute atomic E-state index is 11.4. The van der Waals surface area contributed by atoms with Gasteiger partial charge in [-0.1, -0.05) is 6.58 Å². The van der Waals surface area contributed by atoms with Crippen LogP contribution in [-0.2, 0) is 23.9 Å². The van der Waals surface area contributed by atoms with Crippen LogP contribution in [-0.4, -0.2) is 51.2 Å². The SMILES string of the molecule is C=C(C)C(=O)NCCCCCOCCNC(=O)CCC(=O)OC. The fourth-order valence-electron chi connectivity index (χ4n) is 1.63. The van der Waals surface area contributed by atoms with Crippen molar-refractivity contribution in [3.05, 3.63) is 12.2 Å². The molecule has 0 aliphatic rings. The molecule has 0 aliphatic carbocycles. The molecular weight excluding hydrogens is 300 g/mol. The molecule has 0 aromatic rings. The van der Waals surface area contributed by atoms with Crippen molar-refractivity contribution in [2.75, 3.05) is 33.4 Å². The van der Waals surface area contributed by atoms with E-state index in [1.54, 1.807) is 6.92 Å². The van der Waals surface area contributed by atoms with E-state index in [1.165, 1.54) is 7.11 Å². The summed E-state index contributed by atoms with van der Waals surface area (Å²) in [7, 11) is 1.29. The molecule has 23 heavy (non-hydrogen) atoms. The summed E-state index contributed by atoms with van der Waals surface area (Å²) in [5.41, 5.74) is 0.516. The van der Waals surface area contributed by atoms with Gasteiger partial charge in [-0.15, -0.1) is 0 Å². The molecule has 0 aromatic heterocycles. The number of ether oxygens (including phenoxy) is 2. The van der Waals surface area contributed by atoms with Gasteiger partial charge < -0.3 is 20.1 Å². The van der Waals surface area contributed by atoms with Gasteiger partial charge in [-0.2, -0.15) is 0 Å². The van der Waals surface area contributed by atoms with Crippen molar-refractivity contribution in [3.8, 4) is 0 Å². The highest BCUT2D eigenvalue weighted by Gasteiger charge is 2.05. The van der Waals surface area contributed by atoms with Crippen LogP contribution in [0.2, 0.25) is 0 Å². The molecule has 0 atom stereocenters. The van der Waals surface area contributed by atoms with Crippen LogP contribution < -0.4 is 10.6 Å². The minimum Gasteiger partial charge on any atom is -0.469 e. The fraction of sp³-hybridized carbons (Fsp3) is 0.688. The second kappa shape index (κ2) is 13.8. The predicted molar refractivity (Wildman–Crippen MR) is 86.8 cm³/mol. The Hall–Kier alpha value is -1.89. The fourth-order valence-corrected chi connectivity index (χ4v) is 1.63. The van der Waals surface area contributed by atoms with E-state index in [2.05, 4.69) is 21.9 Å². The Morgan fingerprint density at radius 3 is 2.35 bits per heavy atom. The minimum atomic E-state index is -0.393. The van der Waals surface area contributed by atoms with Gasteiger partial charge >= 0.3 is 5.97 Å². The molecule has 7 nitrogen and oxygen atoms in total. The van der Waals surface area contributed by atoms with Crippen molar-refractivity contribution < 1.29 is 23.9 Å². The molecule has 0 spiro atoms. The van der Waals surface area contributed by atoms with Crippen LogP contribution in [0.1, 0.15) is 39.0 Å². The molecule has 0 fully saturated rings. The van der Waals surface area contributed by atoms with E-state index in [9.17, 15) is 14.4 Å². The Morgan fingerprint density at radius 2 is 1.70 bits per heavy atom. The molecular formula is C16H28N2O5. The summed E-state index contributed by atoms with van der Waals surface area (Å²) in [4.78, 5) is 33.4. The Labute approximate surface area is 137 Å². The Balaban J connectivity index is 3.30. The summed E-state index contributed by atoms with van der Waals surface area (Å²) >= 11 is 0. The topological polar surface area (TPSA) is 93.7 Å². The van der Waals surface area contributed by atoms with Crippen LogP contribution in [0.25, 0.3) is 0 Å². The number of unbranched alkanes of at least 4 members (excludes halogenated alkanes) is 2. The largest absolute Gasteiger partial charge is 0.469 e. The van der Waals surface area contributed by atoms with Gasteiger partial charge in [0.1, 0.15) is 0 Å². The van der Waals surface area contributed by atoms with Crippen LogP contribution in [0.3, 0.4) is 0 Å². The summed E-state index contributed by atoms with van der Waals surface area (Å²) in [5.74, 6) is -0.688. The monoisotopic (exact) mass is 328 g/mol. The van der Waals surface area contributed by atoms with Crippen molar-refractivity contribution in [1.29, 1.82) is 0 Å². The maximum atomic E-state index is 11.4. The smallest absolute Gasteiger partial charge is 0.306 e. The Bertz CT molecular complexity index is 396. The molecule has 0 heterocycles. The molecule has 2 N–H and O–H groups in total. The quantitative estimate of drug-likeness (QED) is 0.298. The zero-order valence-corrected chi connectivity index (χ0v) is 14.1. The van der Waals surface area contributed by atoms with Crippen LogP contribution in [0, 0.1) is 0 Å². The third-order valence-electron chi connectivity index (χ3n) is 2.99. The van der Waals surface area contributed by atoms with Gasteiger partial charge in [-0.3, -0.25) is 14.4 Å². The summed E-state index contributed by atoms with van der Waals surface area (Å²) in [6.45, 7) is 7.37. The number of rotatable bonds is 13. The van der Waals surface area contributed by atoms with E-state index in [0.717, 1.165) is 19.3 Å². The van der Waals surface area contributed by atoms with E-state index in [4.69, 9.17) is 4.74 Å². The summed E-state index contributed by atoms with van der Waals surface area (Å²) in [6, 6.07) is 0. The molecule has 2 amide bonds. The van der Waals surface area contributed by atoms with Crippen LogP contribution >= 0.6 is 0 Å². The number of hydrogen-bond donors (Lipinski definition) is 2. The number of nitrogens with one attached hydrogen (secondary N) is 2. The molecule has 0 bridgehead atoms. The van der Waals surface area contributed by atoms with E-state index < -0.39 is 5.97 Å². The molecule has 0 aromatic carbocycles. The van der Waals surface area contributed by atoms with Gasteiger partial charge in [-0.05, 0) is 26.2 Å². The average Bonchev–Trinajstić information content (AvgIpc) is 2.53. The lowest BCUT2D eigenvalue weighted by Gasteiger charge is -2.07. The average molecular weight is 328 g/mol. The lowest BCUT2D eigenvalue weighted by Crippen LogP contribution is -2.27. The highest BCUT2D eigenvalue weighted by Crippen LogP contribution is 1.96. The van der Waals surface area contributed by atoms with Crippen molar-refractivity contribution in [2.45, 2.75) is 39.0 Å². The number of carbonyl (C=O) groups is 3. The van der Waals surface area contributed by atoms with Gasteiger partial charge in [0.15, 0.2) is 0 Å². The zero-order valence-electron chi connectivity index (χ0n) is 14.1. The van der Waals surface area contributed by atoms with Crippen LogP contribution in [0.4, 0.5) is 0 Å². The number of esters is 1. The van der Waals surface area contributed by atoms with E-state index in [-0.39, 0.29) is 24.7 Å². The number of carbonyl (C=O) groups excluding carboxylic acids is 3. The number of hydrogen-bond acceptors (Lipinski definition) is 5. The first-order chi connectivity index (χ1) is 11.0. The molecule has 0 unspecified atom stereocenters. The van der Waals surface area contributed by atoms with Gasteiger partial charge in [0.05, 0.1) is 20.1 Å². The van der Waals surface area contributed by atoms with Crippen molar-refractivity contribution in [2.24, 2.45) is 0 Å². The normalized spacial score (nSPS) is 10.0. The minimum absolute atomic E-state index is 0.0884. The third-order valence-corrected chi connectivity index (χ3v) is 2.99. The first-order valence-electron chi connectivity index (χ1n) is 7.82. The molecule has 0 saturated carbocycles. The lowest BCUT2D eigenvalue weighted by atomic mass is 10.2. The predicted octanol–water partition coefficient (Wildman–Crippen LogP) is 0.935. The standard InChI is InChI=1S/C16H28N2O5/c1-13(2)16(21)18-9-5-4-6-11-23-12-10-17-14(19)7-8-15(20)22-3/h1,4-12H2,2-3H3,(H,17,19)(H,18,21). The molecule has 0 radical (unpaired) electrons.